The molecular formula is C9H11BrFN. The van der Waals surface area contributed by atoms with Crippen LogP contribution in [0.3, 0.4) is 0 Å². The third-order valence-corrected chi connectivity index (χ3v) is 2.28. The number of benzene rings is 1. The first kappa shape index (κ1) is 9.68. The standard InChI is InChI=1S/C9H11BrFN/c1-6(11)9(12)7-2-4-8(10)5-3-7/h2-6,9H,12H2,1H3. The highest BCUT2D eigenvalue weighted by Gasteiger charge is 2.12. The van der Waals surface area contributed by atoms with Crippen LogP contribution < -0.4 is 5.73 Å². The van der Waals surface area contributed by atoms with Gasteiger partial charge in [0.15, 0.2) is 0 Å². The molecule has 12 heavy (non-hydrogen) atoms. The summed E-state index contributed by atoms with van der Waals surface area (Å²) >= 11 is 3.30. The lowest BCUT2D eigenvalue weighted by Gasteiger charge is -2.12. The van der Waals surface area contributed by atoms with Crippen LogP contribution in [-0.2, 0) is 0 Å². The Morgan fingerprint density at radius 3 is 2.25 bits per heavy atom. The maximum atomic E-state index is 12.7. The van der Waals surface area contributed by atoms with Crippen molar-refractivity contribution >= 4 is 15.9 Å². The summed E-state index contributed by atoms with van der Waals surface area (Å²) in [5.41, 5.74) is 6.42. The van der Waals surface area contributed by atoms with E-state index < -0.39 is 12.2 Å². The number of hydrogen-bond acceptors (Lipinski definition) is 1. The lowest BCUT2D eigenvalue weighted by atomic mass is 10.0. The van der Waals surface area contributed by atoms with E-state index in [0.29, 0.717) is 0 Å². The van der Waals surface area contributed by atoms with Crippen molar-refractivity contribution in [1.82, 2.24) is 0 Å². The molecule has 1 rings (SSSR count). The van der Waals surface area contributed by atoms with Gasteiger partial charge in [-0.05, 0) is 24.6 Å². The number of nitrogens with two attached hydrogens (primary N) is 1. The van der Waals surface area contributed by atoms with Crippen LogP contribution in [0.1, 0.15) is 18.5 Å². The molecule has 2 N–H and O–H groups in total. The highest BCUT2D eigenvalue weighted by molar-refractivity contribution is 9.10. The van der Waals surface area contributed by atoms with Crippen LogP contribution in [0.25, 0.3) is 0 Å². The summed E-state index contributed by atoms with van der Waals surface area (Å²) in [6.45, 7) is 1.46. The molecule has 1 nitrogen and oxygen atoms in total. The molecule has 2 unspecified atom stereocenters. The average Bonchev–Trinajstić information content (AvgIpc) is 2.04. The quantitative estimate of drug-likeness (QED) is 0.833. The van der Waals surface area contributed by atoms with E-state index in [4.69, 9.17) is 5.73 Å². The first-order valence-corrected chi connectivity index (χ1v) is 4.55. The monoisotopic (exact) mass is 231 g/mol. The van der Waals surface area contributed by atoms with E-state index in [-0.39, 0.29) is 0 Å². The molecule has 0 amide bonds. The van der Waals surface area contributed by atoms with Gasteiger partial charge in [-0.15, -0.1) is 0 Å². The van der Waals surface area contributed by atoms with Gasteiger partial charge < -0.3 is 5.73 Å². The molecule has 0 fully saturated rings. The van der Waals surface area contributed by atoms with Crippen LogP contribution in [0.5, 0.6) is 0 Å². The second-order valence-electron chi connectivity index (χ2n) is 2.75. The van der Waals surface area contributed by atoms with E-state index in [0.717, 1.165) is 10.0 Å². The second kappa shape index (κ2) is 4.01. The molecule has 0 aliphatic rings. The van der Waals surface area contributed by atoms with Crippen molar-refractivity contribution in [1.29, 1.82) is 0 Å². The molecule has 2 atom stereocenters. The SMILES string of the molecule is CC(F)C(N)c1ccc(Br)cc1. The van der Waals surface area contributed by atoms with E-state index in [1.165, 1.54) is 6.92 Å². The van der Waals surface area contributed by atoms with Crippen LogP contribution in [0, 0.1) is 0 Å². The van der Waals surface area contributed by atoms with Crippen LogP contribution >= 0.6 is 15.9 Å². The molecule has 0 bridgehead atoms. The van der Waals surface area contributed by atoms with Crippen LogP contribution in [0.2, 0.25) is 0 Å². The molecule has 0 spiro atoms. The Morgan fingerprint density at radius 2 is 1.83 bits per heavy atom. The summed E-state index contributed by atoms with van der Waals surface area (Å²) in [6.07, 6.45) is -1.01. The predicted octanol–water partition coefficient (Wildman–Crippen LogP) is 2.81. The van der Waals surface area contributed by atoms with Crippen LogP contribution in [0.15, 0.2) is 28.7 Å². The fourth-order valence-corrected chi connectivity index (χ4v) is 1.21. The normalized spacial score (nSPS) is 15.7. The first-order valence-electron chi connectivity index (χ1n) is 3.76. The van der Waals surface area contributed by atoms with E-state index in [1.807, 2.05) is 24.3 Å². The van der Waals surface area contributed by atoms with Crippen molar-refractivity contribution in [2.45, 2.75) is 19.1 Å². The Morgan fingerprint density at radius 1 is 1.33 bits per heavy atom. The summed E-state index contributed by atoms with van der Waals surface area (Å²) in [6, 6.07) is 6.85. The van der Waals surface area contributed by atoms with Crippen molar-refractivity contribution in [3.63, 3.8) is 0 Å². The predicted molar refractivity (Wildman–Crippen MR) is 51.6 cm³/mol. The largest absolute Gasteiger partial charge is 0.322 e. The fraction of sp³-hybridized carbons (Fsp3) is 0.333. The van der Waals surface area contributed by atoms with E-state index in [2.05, 4.69) is 15.9 Å². The van der Waals surface area contributed by atoms with Gasteiger partial charge in [-0.25, -0.2) is 4.39 Å². The molecule has 0 aromatic heterocycles. The zero-order valence-corrected chi connectivity index (χ0v) is 8.38. The maximum Gasteiger partial charge on any atom is 0.116 e. The van der Waals surface area contributed by atoms with Crippen LogP contribution in [-0.4, -0.2) is 6.17 Å². The van der Waals surface area contributed by atoms with Gasteiger partial charge >= 0.3 is 0 Å². The molecule has 1 aromatic carbocycles. The topological polar surface area (TPSA) is 26.0 Å². The van der Waals surface area contributed by atoms with Crippen molar-refractivity contribution in [2.75, 3.05) is 0 Å². The van der Waals surface area contributed by atoms with E-state index >= 15 is 0 Å². The minimum atomic E-state index is -1.01. The molecule has 0 aliphatic carbocycles. The number of halogens is 2. The van der Waals surface area contributed by atoms with Gasteiger partial charge in [0, 0.05) is 4.47 Å². The second-order valence-corrected chi connectivity index (χ2v) is 3.67. The van der Waals surface area contributed by atoms with Gasteiger partial charge in [0.05, 0.1) is 6.04 Å². The van der Waals surface area contributed by atoms with Gasteiger partial charge in [-0.3, -0.25) is 0 Å². The molecule has 1 aromatic rings. The zero-order chi connectivity index (χ0) is 9.14. The van der Waals surface area contributed by atoms with E-state index in [1.54, 1.807) is 0 Å². The smallest absolute Gasteiger partial charge is 0.116 e. The molecule has 3 heteroatoms. The van der Waals surface area contributed by atoms with Gasteiger partial charge in [-0.2, -0.15) is 0 Å². The lowest BCUT2D eigenvalue weighted by molar-refractivity contribution is 0.309. The number of rotatable bonds is 2. The molecular weight excluding hydrogens is 221 g/mol. The van der Waals surface area contributed by atoms with Crippen molar-refractivity contribution in [2.24, 2.45) is 5.73 Å². The summed E-state index contributed by atoms with van der Waals surface area (Å²) in [5, 5.41) is 0. The Hall–Kier alpha value is -0.410. The zero-order valence-electron chi connectivity index (χ0n) is 6.80. The minimum Gasteiger partial charge on any atom is -0.322 e. The van der Waals surface area contributed by atoms with Gasteiger partial charge in [0.2, 0.25) is 0 Å². The Labute approximate surface area is 79.9 Å². The number of hydrogen-bond donors (Lipinski definition) is 1. The van der Waals surface area contributed by atoms with Crippen molar-refractivity contribution in [3.8, 4) is 0 Å². The molecule has 0 saturated carbocycles. The van der Waals surface area contributed by atoms with Crippen molar-refractivity contribution in [3.05, 3.63) is 34.3 Å². The minimum absolute atomic E-state index is 0.516. The van der Waals surface area contributed by atoms with Gasteiger partial charge in [-0.1, -0.05) is 28.1 Å². The van der Waals surface area contributed by atoms with Crippen LogP contribution in [0.4, 0.5) is 4.39 Å². The van der Waals surface area contributed by atoms with Gasteiger partial charge in [0.25, 0.3) is 0 Å². The lowest BCUT2D eigenvalue weighted by Crippen LogP contribution is -2.19. The van der Waals surface area contributed by atoms with Gasteiger partial charge in [0.1, 0.15) is 6.17 Å². The summed E-state index contributed by atoms with van der Waals surface area (Å²) in [5.74, 6) is 0. The maximum absolute atomic E-state index is 12.7. The molecule has 66 valence electrons. The summed E-state index contributed by atoms with van der Waals surface area (Å²) < 4.78 is 13.7. The number of alkyl halides is 1. The molecule has 0 heterocycles. The Kier molecular flexibility index (Phi) is 3.23. The molecule has 0 saturated heterocycles. The molecule has 0 aliphatic heterocycles. The molecule has 0 radical (unpaired) electrons. The highest BCUT2D eigenvalue weighted by atomic mass is 79.9. The third-order valence-electron chi connectivity index (χ3n) is 1.75. The summed E-state index contributed by atoms with van der Waals surface area (Å²) in [4.78, 5) is 0. The Balaban J connectivity index is 2.82. The highest BCUT2D eigenvalue weighted by Crippen LogP contribution is 2.18. The fourth-order valence-electron chi connectivity index (χ4n) is 0.950. The average molecular weight is 232 g/mol. The Bertz CT molecular complexity index is 245. The van der Waals surface area contributed by atoms with E-state index in [9.17, 15) is 4.39 Å². The summed E-state index contributed by atoms with van der Waals surface area (Å²) in [7, 11) is 0. The first-order chi connectivity index (χ1) is 5.61. The van der Waals surface area contributed by atoms with Crippen molar-refractivity contribution < 1.29 is 4.39 Å². The third kappa shape index (κ3) is 2.29.